The van der Waals surface area contributed by atoms with Gasteiger partial charge in [-0.2, -0.15) is 0 Å². The second-order valence-corrected chi connectivity index (χ2v) is 10.4. The van der Waals surface area contributed by atoms with E-state index in [0.29, 0.717) is 30.1 Å². The van der Waals surface area contributed by atoms with Crippen molar-refractivity contribution in [3.8, 4) is 0 Å². The maximum atomic E-state index is 13.2. The summed E-state index contributed by atoms with van der Waals surface area (Å²) in [5, 5.41) is 0. The number of hydrogen-bond donors (Lipinski definition) is 1. The molecule has 1 fully saturated rings. The van der Waals surface area contributed by atoms with Gasteiger partial charge >= 0.3 is 5.97 Å². The number of esters is 1. The van der Waals surface area contributed by atoms with Gasteiger partial charge in [-0.25, -0.2) is 13.2 Å². The molecule has 172 valence electrons. The minimum absolute atomic E-state index is 0.00750. The lowest BCUT2D eigenvalue weighted by molar-refractivity contribution is 0.0599. The monoisotopic (exact) mass is 476 g/mol. The molecule has 0 unspecified atom stereocenters. The lowest BCUT2D eigenvalue weighted by Gasteiger charge is -2.30. The average molecular weight is 477 g/mol. The first kappa shape index (κ1) is 24.1. The molecule has 0 spiro atoms. The highest BCUT2D eigenvalue weighted by Gasteiger charge is 2.26. The predicted molar refractivity (Wildman–Crippen MR) is 126 cm³/mol. The van der Waals surface area contributed by atoms with Crippen LogP contribution in [-0.4, -0.2) is 51.6 Å². The molecule has 32 heavy (non-hydrogen) atoms. The van der Waals surface area contributed by atoms with E-state index >= 15 is 0 Å². The topological polar surface area (TPSA) is 92.8 Å². The summed E-state index contributed by atoms with van der Waals surface area (Å²) in [6.07, 6.45) is 3.74. The van der Waals surface area contributed by atoms with Crippen LogP contribution < -0.4 is 4.72 Å². The molecule has 1 N–H and O–H groups in total. The predicted octanol–water partition coefficient (Wildman–Crippen LogP) is 4.18. The zero-order valence-electron chi connectivity index (χ0n) is 18.7. The van der Waals surface area contributed by atoms with Crippen molar-refractivity contribution in [2.75, 3.05) is 31.2 Å². The number of amides is 1. The van der Waals surface area contributed by atoms with E-state index in [0.717, 1.165) is 17.7 Å². The number of thioether (sulfide) groups is 1. The Kier molecular flexibility index (Phi) is 7.51. The normalized spacial score (nSPS) is 14.8. The Balaban J connectivity index is 1.93. The van der Waals surface area contributed by atoms with E-state index < -0.39 is 16.0 Å². The molecule has 1 saturated heterocycles. The number of hydrogen-bond acceptors (Lipinski definition) is 6. The van der Waals surface area contributed by atoms with Crippen molar-refractivity contribution in [2.24, 2.45) is 5.92 Å². The minimum atomic E-state index is -3.99. The number of methoxy groups -OCH3 is 1. The molecule has 0 aliphatic carbocycles. The molecule has 1 amide bonds. The smallest absolute Gasteiger partial charge is 0.338 e. The third-order valence-corrected chi connectivity index (χ3v) is 7.92. The maximum absolute atomic E-state index is 13.2. The number of piperidine rings is 1. The van der Waals surface area contributed by atoms with Crippen LogP contribution in [0.3, 0.4) is 0 Å². The lowest BCUT2D eigenvalue weighted by Crippen LogP contribution is -2.38. The highest BCUT2D eigenvalue weighted by Crippen LogP contribution is 2.29. The number of rotatable bonds is 6. The summed E-state index contributed by atoms with van der Waals surface area (Å²) in [6.45, 7) is 5.16. The van der Waals surface area contributed by atoms with Gasteiger partial charge in [0.15, 0.2) is 0 Å². The Morgan fingerprint density at radius 3 is 2.44 bits per heavy atom. The van der Waals surface area contributed by atoms with Crippen molar-refractivity contribution in [3.63, 3.8) is 0 Å². The molecule has 0 saturated carbocycles. The zero-order valence-corrected chi connectivity index (χ0v) is 20.3. The first-order valence-electron chi connectivity index (χ1n) is 10.4. The molecule has 0 aromatic heterocycles. The molecule has 1 aliphatic rings. The van der Waals surface area contributed by atoms with Gasteiger partial charge in [-0.1, -0.05) is 13.0 Å². The molecule has 2 aromatic rings. The van der Waals surface area contributed by atoms with Crippen LogP contribution in [0.15, 0.2) is 46.2 Å². The van der Waals surface area contributed by atoms with E-state index in [4.69, 9.17) is 4.74 Å². The minimum Gasteiger partial charge on any atom is -0.465 e. The van der Waals surface area contributed by atoms with Gasteiger partial charge in [0.25, 0.3) is 15.9 Å². The van der Waals surface area contributed by atoms with Crippen molar-refractivity contribution < 1.29 is 22.7 Å². The van der Waals surface area contributed by atoms with E-state index in [2.05, 4.69) is 11.6 Å². The van der Waals surface area contributed by atoms with E-state index in [-0.39, 0.29) is 22.1 Å². The third kappa shape index (κ3) is 5.10. The fourth-order valence-corrected chi connectivity index (χ4v) is 5.40. The van der Waals surface area contributed by atoms with E-state index in [1.807, 2.05) is 6.26 Å². The number of nitrogens with zero attached hydrogens (tertiary/aromatic N) is 1. The largest absolute Gasteiger partial charge is 0.465 e. The highest BCUT2D eigenvalue weighted by atomic mass is 32.2. The molecular formula is C23H28N2O5S2. The Hall–Kier alpha value is -2.52. The van der Waals surface area contributed by atoms with Gasteiger partial charge in [-0.3, -0.25) is 9.52 Å². The fourth-order valence-electron chi connectivity index (χ4n) is 3.68. The van der Waals surface area contributed by atoms with Crippen LogP contribution in [0.25, 0.3) is 0 Å². The quantitative estimate of drug-likeness (QED) is 0.497. The molecule has 0 radical (unpaired) electrons. The molecule has 3 rings (SSSR count). The second-order valence-electron chi connectivity index (χ2n) is 7.91. The number of sulfonamides is 1. The van der Waals surface area contributed by atoms with Crippen LogP contribution >= 0.6 is 11.8 Å². The number of anilines is 1. The summed E-state index contributed by atoms with van der Waals surface area (Å²) in [7, 11) is -2.72. The Morgan fingerprint density at radius 2 is 1.81 bits per heavy atom. The summed E-state index contributed by atoms with van der Waals surface area (Å²) < 4.78 is 33.6. The molecule has 2 aromatic carbocycles. The summed E-state index contributed by atoms with van der Waals surface area (Å²) in [5.74, 6) is -0.113. The average Bonchev–Trinajstić information content (AvgIpc) is 2.79. The molecule has 1 heterocycles. The number of benzene rings is 2. The summed E-state index contributed by atoms with van der Waals surface area (Å²) in [4.78, 5) is 27.6. The number of likely N-dealkylation sites (tertiary alicyclic amines) is 1. The number of ether oxygens (including phenoxy) is 1. The van der Waals surface area contributed by atoms with Crippen LogP contribution in [0.1, 0.15) is 46.0 Å². The van der Waals surface area contributed by atoms with E-state index in [9.17, 15) is 18.0 Å². The fraction of sp³-hybridized carbons (Fsp3) is 0.391. The van der Waals surface area contributed by atoms with Gasteiger partial charge in [0.05, 0.1) is 28.8 Å². The van der Waals surface area contributed by atoms with Crippen molar-refractivity contribution in [1.29, 1.82) is 0 Å². The van der Waals surface area contributed by atoms with Gasteiger partial charge < -0.3 is 9.64 Å². The number of carbonyl (C=O) groups excluding carboxylic acids is 2. The second kappa shape index (κ2) is 9.95. The first-order chi connectivity index (χ1) is 15.2. The Morgan fingerprint density at radius 1 is 1.12 bits per heavy atom. The van der Waals surface area contributed by atoms with Gasteiger partial charge in [-0.15, -0.1) is 11.8 Å². The van der Waals surface area contributed by atoms with Crippen LogP contribution in [0, 0.1) is 12.8 Å². The van der Waals surface area contributed by atoms with E-state index in [1.54, 1.807) is 36.1 Å². The molecule has 9 heteroatoms. The molecule has 0 atom stereocenters. The first-order valence-corrected chi connectivity index (χ1v) is 13.1. The summed E-state index contributed by atoms with van der Waals surface area (Å²) in [5.41, 5.74) is 1.40. The van der Waals surface area contributed by atoms with Gasteiger partial charge in [-0.05, 0) is 67.8 Å². The standard InChI is InChI=1S/C23H28N2O5S2/c1-15-10-12-25(13-11-15)22(26)19-14-17(8-9-21(19)31-4)32(28,29)24-20-7-5-6-18(16(20)2)23(27)30-3/h5-9,14-15,24H,10-13H2,1-4H3. The van der Waals surface area contributed by atoms with Crippen LogP contribution in [0.2, 0.25) is 0 Å². The van der Waals surface area contributed by atoms with Gasteiger partial charge in [0.1, 0.15) is 0 Å². The molecule has 7 nitrogen and oxygen atoms in total. The van der Waals surface area contributed by atoms with Crippen molar-refractivity contribution >= 4 is 39.3 Å². The van der Waals surface area contributed by atoms with Crippen molar-refractivity contribution in [1.82, 2.24) is 4.90 Å². The van der Waals surface area contributed by atoms with Crippen molar-refractivity contribution in [3.05, 3.63) is 53.1 Å². The van der Waals surface area contributed by atoms with Crippen LogP contribution in [0.5, 0.6) is 0 Å². The van der Waals surface area contributed by atoms with Gasteiger partial charge in [0, 0.05) is 18.0 Å². The SMILES string of the molecule is COC(=O)c1cccc(NS(=O)(=O)c2ccc(SC)c(C(=O)N3CCC(C)CC3)c2)c1C. The van der Waals surface area contributed by atoms with Gasteiger partial charge in [0.2, 0.25) is 0 Å². The van der Waals surface area contributed by atoms with Crippen LogP contribution in [-0.2, 0) is 14.8 Å². The van der Waals surface area contributed by atoms with Crippen molar-refractivity contribution in [2.45, 2.75) is 36.5 Å². The van der Waals surface area contributed by atoms with E-state index in [1.165, 1.54) is 31.0 Å². The van der Waals surface area contributed by atoms with Crippen LogP contribution in [0.4, 0.5) is 5.69 Å². The maximum Gasteiger partial charge on any atom is 0.338 e. The molecule has 1 aliphatic heterocycles. The molecule has 0 bridgehead atoms. The summed E-state index contributed by atoms with van der Waals surface area (Å²) >= 11 is 1.41. The third-order valence-electron chi connectivity index (χ3n) is 5.77. The summed E-state index contributed by atoms with van der Waals surface area (Å²) in [6, 6.07) is 9.33. The zero-order chi connectivity index (χ0) is 23.5. The highest BCUT2D eigenvalue weighted by molar-refractivity contribution is 7.98. The number of carbonyl (C=O) groups is 2. The Bertz CT molecular complexity index is 1120. The lowest BCUT2D eigenvalue weighted by atomic mass is 9.98. The molecular weight excluding hydrogens is 448 g/mol. The number of nitrogens with one attached hydrogen (secondary N) is 1. The Labute approximate surface area is 193 Å².